The Hall–Kier alpha value is -5.18. The average molecular weight is 553 g/mol. The summed E-state index contributed by atoms with van der Waals surface area (Å²) in [5.41, 5.74) is 7.11. The van der Waals surface area contributed by atoms with E-state index in [1.165, 1.54) is 64.0 Å². The molecule has 2 heterocycles. The molecule has 42 heavy (non-hydrogen) atoms. The SMILES string of the molecule is c1ccc(-c2cc3cc4sc5cc(-c6c7ccccc7c(-c7ccccc7)c7ccccc67)ccc5c4cc3o2)cc1. The highest BCUT2D eigenvalue weighted by Gasteiger charge is 2.18. The third kappa shape index (κ3) is 3.56. The molecule has 0 spiro atoms. The van der Waals surface area contributed by atoms with Gasteiger partial charge in [0.05, 0.1) is 0 Å². The predicted molar refractivity (Wildman–Crippen MR) is 180 cm³/mol. The van der Waals surface area contributed by atoms with Gasteiger partial charge in [-0.1, -0.05) is 121 Å². The van der Waals surface area contributed by atoms with Crippen molar-refractivity contribution in [1.29, 1.82) is 0 Å². The third-order valence-corrected chi connectivity index (χ3v) is 9.57. The lowest BCUT2D eigenvalue weighted by Gasteiger charge is -2.17. The normalized spacial score (nSPS) is 11.8. The first kappa shape index (κ1) is 23.5. The lowest BCUT2D eigenvalue weighted by molar-refractivity contribution is 0.632. The molecule has 0 aliphatic carbocycles. The number of benzene rings is 7. The van der Waals surface area contributed by atoms with Crippen molar-refractivity contribution in [3.05, 3.63) is 146 Å². The summed E-state index contributed by atoms with van der Waals surface area (Å²) in [6.45, 7) is 0. The molecule has 7 aromatic carbocycles. The van der Waals surface area contributed by atoms with Gasteiger partial charge in [-0.2, -0.15) is 0 Å². The highest BCUT2D eigenvalue weighted by molar-refractivity contribution is 7.25. The van der Waals surface area contributed by atoms with E-state index < -0.39 is 0 Å². The van der Waals surface area contributed by atoms with Gasteiger partial charge in [-0.3, -0.25) is 0 Å². The van der Waals surface area contributed by atoms with Crippen LogP contribution >= 0.6 is 11.3 Å². The summed E-state index contributed by atoms with van der Waals surface area (Å²) >= 11 is 1.86. The van der Waals surface area contributed by atoms with E-state index in [1.54, 1.807) is 0 Å². The maximum absolute atomic E-state index is 6.32. The van der Waals surface area contributed by atoms with Crippen LogP contribution in [0.2, 0.25) is 0 Å². The molecule has 0 saturated heterocycles. The zero-order valence-corrected chi connectivity index (χ0v) is 23.5. The van der Waals surface area contributed by atoms with Gasteiger partial charge in [0, 0.05) is 31.1 Å². The average Bonchev–Trinajstić information content (AvgIpc) is 3.63. The Bertz CT molecular complexity index is 2390. The van der Waals surface area contributed by atoms with Crippen molar-refractivity contribution >= 4 is 64.0 Å². The van der Waals surface area contributed by atoms with Crippen molar-refractivity contribution in [3.63, 3.8) is 0 Å². The maximum atomic E-state index is 6.32. The molecule has 0 fully saturated rings. The summed E-state index contributed by atoms with van der Waals surface area (Å²) in [6, 6.07) is 52.4. The van der Waals surface area contributed by atoms with Gasteiger partial charge in [0.15, 0.2) is 0 Å². The zero-order valence-electron chi connectivity index (χ0n) is 22.7. The molecule has 0 aliphatic heterocycles. The molecule has 0 unspecified atom stereocenters. The number of fused-ring (bicyclic) bond motifs is 6. The zero-order chi connectivity index (χ0) is 27.6. The van der Waals surface area contributed by atoms with E-state index in [4.69, 9.17) is 4.42 Å². The molecule has 0 atom stereocenters. The van der Waals surface area contributed by atoms with Gasteiger partial charge in [-0.05, 0) is 68.1 Å². The minimum absolute atomic E-state index is 0.910. The Morgan fingerprint density at radius 2 is 0.929 bits per heavy atom. The van der Waals surface area contributed by atoms with Crippen LogP contribution in [0.3, 0.4) is 0 Å². The van der Waals surface area contributed by atoms with Crippen LogP contribution in [0.1, 0.15) is 0 Å². The van der Waals surface area contributed by atoms with Gasteiger partial charge >= 0.3 is 0 Å². The van der Waals surface area contributed by atoms with E-state index in [-0.39, 0.29) is 0 Å². The Morgan fingerprint density at radius 1 is 0.381 bits per heavy atom. The van der Waals surface area contributed by atoms with Gasteiger partial charge in [-0.25, -0.2) is 0 Å². The van der Waals surface area contributed by atoms with E-state index in [0.29, 0.717) is 0 Å². The van der Waals surface area contributed by atoms with Crippen LogP contribution in [-0.2, 0) is 0 Å². The summed E-state index contributed by atoms with van der Waals surface area (Å²) in [5, 5.41) is 8.78. The summed E-state index contributed by atoms with van der Waals surface area (Å²) < 4.78 is 8.89. The summed E-state index contributed by atoms with van der Waals surface area (Å²) in [5.74, 6) is 0.910. The standard InChI is InChI=1S/C40H24OS/c1-3-11-25(12-4-1)35-21-28-23-38-34(24-36(28)41-35)29-20-19-27(22-37(29)42-38)40-32-17-9-7-15-30(32)39(26-13-5-2-6-14-26)31-16-8-10-18-33(31)40/h1-24H. The Morgan fingerprint density at radius 3 is 1.57 bits per heavy atom. The summed E-state index contributed by atoms with van der Waals surface area (Å²) in [4.78, 5) is 0. The van der Waals surface area contributed by atoms with Crippen LogP contribution in [-0.4, -0.2) is 0 Å². The van der Waals surface area contributed by atoms with E-state index in [1.807, 2.05) is 29.5 Å². The monoisotopic (exact) mass is 552 g/mol. The largest absolute Gasteiger partial charge is 0.456 e. The van der Waals surface area contributed by atoms with Crippen LogP contribution in [0.4, 0.5) is 0 Å². The van der Waals surface area contributed by atoms with Crippen molar-refractivity contribution in [2.75, 3.05) is 0 Å². The highest BCUT2D eigenvalue weighted by atomic mass is 32.1. The van der Waals surface area contributed by atoms with Gasteiger partial charge in [0.2, 0.25) is 0 Å². The number of furan rings is 1. The Kier molecular flexibility index (Phi) is 5.13. The lowest BCUT2D eigenvalue weighted by Crippen LogP contribution is -1.90. The lowest BCUT2D eigenvalue weighted by atomic mass is 9.86. The van der Waals surface area contributed by atoms with E-state index in [9.17, 15) is 0 Å². The number of thiophene rings is 1. The first-order valence-electron chi connectivity index (χ1n) is 14.3. The molecule has 0 saturated carbocycles. The topological polar surface area (TPSA) is 13.1 Å². The molecule has 196 valence electrons. The molecule has 0 amide bonds. The molecule has 2 heteroatoms. The third-order valence-electron chi connectivity index (χ3n) is 8.45. The van der Waals surface area contributed by atoms with Gasteiger partial charge in [0.25, 0.3) is 0 Å². The van der Waals surface area contributed by atoms with Crippen LogP contribution in [0.15, 0.2) is 150 Å². The quantitative estimate of drug-likeness (QED) is 0.199. The maximum Gasteiger partial charge on any atom is 0.135 e. The summed E-state index contributed by atoms with van der Waals surface area (Å²) in [6.07, 6.45) is 0. The van der Waals surface area contributed by atoms with Gasteiger partial charge in [0.1, 0.15) is 11.3 Å². The minimum atomic E-state index is 0.910. The second-order valence-electron chi connectivity index (χ2n) is 10.9. The number of rotatable bonds is 3. The van der Waals surface area contributed by atoms with Crippen molar-refractivity contribution < 1.29 is 4.42 Å². The summed E-state index contributed by atoms with van der Waals surface area (Å²) in [7, 11) is 0. The number of hydrogen-bond acceptors (Lipinski definition) is 2. The predicted octanol–water partition coefficient (Wildman–Crippen LogP) is 12.1. The first-order valence-corrected chi connectivity index (χ1v) is 15.1. The highest BCUT2D eigenvalue weighted by Crippen LogP contribution is 2.45. The Labute approximate surface area is 246 Å². The molecule has 0 radical (unpaired) electrons. The fourth-order valence-electron chi connectivity index (χ4n) is 6.56. The molecule has 0 aliphatic rings. The van der Waals surface area contributed by atoms with Crippen molar-refractivity contribution in [3.8, 4) is 33.6 Å². The van der Waals surface area contributed by atoms with Crippen molar-refractivity contribution in [2.24, 2.45) is 0 Å². The second-order valence-corrected chi connectivity index (χ2v) is 12.0. The molecule has 1 nitrogen and oxygen atoms in total. The molecule has 0 N–H and O–H groups in total. The number of hydrogen-bond donors (Lipinski definition) is 0. The molecule has 9 aromatic rings. The van der Waals surface area contributed by atoms with E-state index in [0.717, 1.165) is 22.3 Å². The van der Waals surface area contributed by atoms with Crippen LogP contribution in [0.5, 0.6) is 0 Å². The fraction of sp³-hybridized carbons (Fsp3) is 0. The Balaban J connectivity index is 1.27. The van der Waals surface area contributed by atoms with E-state index >= 15 is 0 Å². The van der Waals surface area contributed by atoms with Gasteiger partial charge < -0.3 is 4.42 Å². The molecule has 0 bridgehead atoms. The smallest absolute Gasteiger partial charge is 0.135 e. The van der Waals surface area contributed by atoms with E-state index in [2.05, 4.69) is 127 Å². The molecule has 2 aromatic heterocycles. The molecular weight excluding hydrogens is 529 g/mol. The second kappa shape index (κ2) is 9.17. The van der Waals surface area contributed by atoms with Crippen molar-refractivity contribution in [1.82, 2.24) is 0 Å². The fourth-order valence-corrected chi connectivity index (χ4v) is 7.74. The van der Waals surface area contributed by atoms with Crippen LogP contribution in [0, 0.1) is 0 Å². The van der Waals surface area contributed by atoms with Crippen molar-refractivity contribution in [2.45, 2.75) is 0 Å². The van der Waals surface area contributed by atoms with Crippen LogP contribution < -0.4 is 0 Å². The molecule has 9 rings (SSSR count). The van der Waals surface area contributed by atoms with Crippen LogP contribution in [0.25, 0.3) is 86.3 Å². The minimum Gasteiger partial charge on any atom is -0.456 e. The molecular formula is C40H24OS. The first-order chi connectivity index (χ1) is 20.8. The van der Waals surface area contributed by atoms with Gasteiger partial charge in [-0.15, -0.1) is 11.3 Å².